The van der Waals surface area contributed by atoms with E-state index in [4.69, 9.17) is 11.6 Å². The molecule has 0 radical (unpaired) electrons. The maximum atomic E-state index is 11.9. The van der Waals surface area contributed by atoms with Crippen molar-refractivity contribution in [2.75, 3.05) is 11.5 Å². The number of hydrogen-bond acceptors (Lipinski definition) is 3. The molecule has 104 valence electrons. The topological polar surface area (TPSA) is 63.2 Å². The van der Waals surface area contributed by atoms with Crippen LogP contribution in [-0.4, -0.2) is 25.8 Å². The van der Waals surface area contributed by atoms with Gasteiger partial charge in [-0.25, -0.2) is 8.42 Å². The molecule has 1 amide bonds. The minimum Gasteiger partial charge on any atom is -0.352 e. The van der Waals surface area contributed by atoms with Crippen LogP contribution in [0.15, 0.2) is 24.3 Å². The van der Waals surface area contributed by atoms with Crippen molar-refractivity contribution in [2.24, 2.45) is 5.92 Å². The zero-order chi connectivity index (χ0) is 13.9. The van der Waals surface area contributed by atoms with E-state index in [2.05, 4.69) is 5.32 Å². The van der Waals surface area contributed by atoms with Crippen LogP contribution < -0.4 is 5.32 Å². The van der Waals surface area contributed by atoms with Crippen molar-refractivity contribution in [3.63, 3.8) is 0 Å². The molecule has 1 aliphatic heterocycles. The van der Waals surface area contributed by atoms with E-state index in [1.54, 1.807) is 6.07 Å². The SMILES string of the molecule is O=C(NCc1ccccc1Cl)C1CCS(=O)(=O)CC1. The summed E-state index contributed by atoms with van der Waals surface area (Å²) >= 11 is 6.00. The molecule has 4 nitrogen and oxygen atoms in total. The van der Waals surface area contributed by atoms with Crippen LogP contribution in [0.1, 0.15) is 18.4 Å². The quantitative estimate of drug-likeness (QED) is 0.925. The number of benzene rings is 1. The number of rotatable bonds is 3. The number of amides is 1. The maximum absolute atomic E-state index is 11.9. The zero-order valence-corrected chi connectivity index (χ0v) is 12.0. The Hall–Kier alpha value is -1.07. The molecule has 1 heterocycles. The van der Waals surface area contributed by atoms with E-state index in [-0.39, 0.29) is 23.3 Å². The van der Waals surface area contributed by atoms with E-state index in [0.29, 0.717) is 24.4 Å². The van der Waals surface area contributed by atoms with Crippen molar-refractivity contribution in [3.05, 3.63) is 34.9 Å². The first-order chi connectivity index (χ1) is 8.98. The summed E-state index contributed by atoms with van der Waals surface area (Å²) in [6.07, 6.45) is 0.827. The van der Waals surface area contributed by atoms with E-state index in [1.807, 2.05) is 18.2 Å². The number of hydrogen-bond donors (Lipinski definition) is 1. The molecule has 0 aliphatic carbocycles. The molecule has 0 spiro atoms. The average Bonchev–Trinajstić information content (AvgIpc) is 2.37. The van der Waals surface area contributed by atoms with Crippen molar-refractivity contribution < 1.29 is 13.2 Å². The normalized spacial score (nSPS) is 19.0. The Balaban J connectivity index is 1.87. The van der Waals surface area contributed by atoms with Crippen molar-refractivity contribution in [3.8, 4) is 0 Å². The first-order valence-electron chi connectivity index (χ1n) is 6.19. The lowest BCUT2D eigenvalue weighted by Gasteiger charge is -2.21. The number of carbonyl (C=O) groups excluding carboxylic acids is 1. The highest BCUT2D eigenvalue weighted by atomic mass is 35.5. The van der Waals surface area contributed by atoms with Crippen molar-refractivity contribution in [1.29, 1.82) is 0 Å². The molecule has 0 saturated carbocycles. The van der Waals surface area contributed by atoms with E-state index in [0.717, 1.165) is 5.56 Å². The molecule has 1 aromatic rings. The smallest absolute Gasteiger partial charge is 0.223 e. The van der Waals surface area contributed by atoms with Gasteiger partial charge in [-0.15, -0.1) is 0 Å². The van der Waals surface area contributed by atoms with Gasteiger partial charge in [-0.1, -0.05) is 29.8 Å². The summed E-state index contributed by atoms with van der Waals surface area (Å²) in [6, 6.07) is 7.32. The summed E-state index contributed by atoms with van der Waals surface area (Å²) < 4.78 is 22.6. The standard InChI is InChI=1S/C13H16ClNO3S/c14-12-4-2-1-3-11(12)9-15-13(16)10-5-7-19(17,18)8-6-10/h1-4,10H,5-9H2,(H,15,16). The number of carbonyl (C=O) groups is 1. The molecule has 6 heteroatoms. The number of sulfone groups is 1. The van der Waals surface area contributed by atoms with Gasteiger partial charge in [0, 0.05) is 17.5 Å². The second kappa shape index (κ2) is 5.92. The van der Waals surface area contributed by atoms with Crippen LogP contribution in [-0.2, 0) is 21.2 Å². The summed E-state index contributed by atoms with van der Waals surface area (Å²) in [5.41, 5.74) is 0.862. The third kappa shape index (κ3) is 3.94. The Morgan fingerprint density at radius 2 is 1.89 bits per heavy atom. The highest BCUT2D eigenvalue weighted by molar-refractivity contribution is 7.91. The molecule has 0 aromatic heterocycles. The number of nitrogens with one attached hydrogen (secondary N) is 1. The summed E-state index contributed by atoms with van der Waals surface area (Å²) in [4.78, 5) is 11.9. The highest BCUT2D eigenvalue weighted by Crippen LogP contribution is 2.20. The molecule has 1 N–H and O–H groups in total. The van der Waals surface area contributed by atoms with E-state index in [9.17, 15) is 13.2 Å². The molecular formula is C13H16ClNO3S. The van der Waals surface area contributed by atoms with Crippen LogP contribution in [0.2, 0.25) is 5.02 Å². The molecule has 1 aromatic carbocycles. The van der Waals surface area contributed by atoms with Gasteiger partial charge < -0.3 is 5.32 Å². The van der Waals surface area contributed by atoms with Gasteiger partial charge in [0.2, 0.25) is 5.91 Å². The van der Waals surface area contributed by atoms with Gasteiger partial charge in [0.05, 0.1) is 11.5 Å². The Morgan fingerprint density at radius 3 is 2.53 bits per heavy atom. The van der Waals surface area contributed by atoms with Crippen LogP contribution in [0, 0.1) is 5.92 Å². The van der Waals surface area contributed by atoms with Crippen LogP contribution >= 0.6 is 11.6 Å². The monoisotopic (exact) mass is 301 g/mol. The first-order valence-corrected chi connectivity index (χ1v) is 8.39. The fourth-order valence-electron chi connectivity index (χ4n) is 2.12. The molecule has 0 bridgehead atoms. The summed E-state index contributed by atoms with van der Waals surface area (Å²) in [7, 11) is -2.92. The minimum atomic E-state index is -2.92. The Bertz CT molecular complexity index is 557. The molecule has 0 atom stereocenters. The largest absolute Gasteiger partial charge is 0.352 e. The van der Waals surface area contributed by atoms with Gasteiger partial charge in [-0.3, -0.25) is 4.79 Å². The maximum Gasteiger partial charge on any atom is 0.223 e. The zero-order valence-electron chi connectivity index (χ0n) is 10.4. The van der Waals surface area contributed by atoms with Gasteiger partial charge in [0.1, 0.15) is 9.84 Å². The second-order valence-electron chi connectivity index (χ2n) is 4.74. The van der Waals surface area contributed by atoms with Crippen LogP contribution in [0.5, 0.6) is 0 Å². The highest BCUT2D eigenvalue weighted by Gasteiger charge is 2.28. The number of halogens is 1. The van der Waals surface area contributed by atoms with E-state index < -0.39 is 9.84 Å². The summed E-state index contributed by atoms with van der Waals surface area (Å²) in [6.45, 7) is 0.377. The molecule has 0 unspecified atom stereocenters. The van der Waals surface area contributed by atoms with Gasteiger partial charge in [0.25, 0.3) is 0 Å². The van der Waals surface area contributed by atoms with Crippen LogP contribution in [0.4, 0.5) is 0 Å². The molecule has 19 heavy (non-hydrogen) atoms. The Labute approximate surface area is 118 Å². The molecule has 1 saturated heterocycles. The van der Waals surface area contributed by atoms with Crippen LogP contribution in [0.25, 0.3) is 0 Å². The predicted molar refractivity (Wildman–Crippen MR) is 74.7 cm³/mol. The van der Waals surface area contributed by atoms with Gasteiger partial charge in [-0.05, 0) is 24.5 Å². The third-order valence-corrected chi connectivity index (χ3v) is 5.42. The summed E-state index contributed by atoms with van der Waals surface area (Å²) in [5.74, 6) is -0.0743. The van der Waals surface area contributed by atoms with Crippen molar-refractivity contribution in [2.45, 2.75) is 19.4 Å². The fraction of sp³-hybridized carbons (Fsp3) is 0.462. The Kier molecular flexibility index (Phi) is 4.47. The fourth-order valence-corrected chi connectivity index (χ4v) is 3.81. The van der Waals surface area contributed by atoms with Crippen LogP contribution in [0.3, 0.4) is 0 Å². The minimum absolute atomic E-state index is 0.0881. The summed E-state index contributed by atoms with van der Waals surface area (Å²) in [5, 5.41) is 3.44. The van der Waals surface area contributed by atoms with Crippen molar-refractivity contribution >= 4 is 27.3 Å². The third-order valence-electron chi connectivity index (χ3n) is 3.34. The van der Waals surface area contributed by atoms with Gasteiger partial charge in [0.15, 0.2) is 0 Å². The first kappa shape index (κ1) is 14.3. The van der Waals surface area contributed by atoms with E-state index >= 15 is 0 Å². The lowest BCUT2D eigenvalue weighted by Crippen LogP contribution is -2.35. The lowest BCUT2D eigenvalue weighted by atomic mass is 10.0. The lowest BCUT2D eigenvalue weighted by molar-refractivity contribution is -0.125. The van der Waals surface area contributed by atoms with E-state index in [1.165, 1.54) is 0 Å². The molecule has 2 rings (SSSR count). The molecule has 1 aliphatic rings. The van der Waals surface area contributed by atoms with Gasteiger partial charge >= 0.3 is 0 Å². The van der Waals surface area contributed by atoms with Crippen molar-refractivity contribution in [1.82, 2.24) is 5.32 Å². The van der Waals surface area contributed by atoms with Gasteiger partial charge in [-0.2, -0.15) is 0 Å². The second-order valence-corrected chi connectivity index (χ2v) is 7.45. The average molecular weight is 302 g/mol. The molecular weight excluding hydrogens is 286 g/mol. The predicted octanol–water partition coefficient (Wildman–Crippen LogP) is 1.78. The Morgan fingerprint density at radius 1 is 1.26 bits per heavy atom. The molecule has 1 fully saturated rings.